The van der Waals surface area contributed by atoms with Crippen molar-refractivity contribution in [1.29, 1.82) is 0 Å². The SMILES string of the molecule is Cc1ncoc1C(=O)N[C@H](C)c1cnn(-c2ccccn2)c1C. The molecule has 0 aliphatic rings. The summed E-state index contributed by atoms with van der Waals surface area (Å²) in [5.41, 5.74) is 2.41. The van der Waals surface area contributed by atoms with Crippen LogP contribution in [0.3, 0.4) is 0 Å². The van der Waals surface area contributed by atoms with E-state index in [0.29, 0.717) is 5.69 Å². The predicted molar refractivity (Wildman–Crippen MR) is 83.2 cm³/mol. The van der Waals surface area contributed by atoms with Crippen LogP contribution in [0.2, 0.25) is 0 Å². The minimum Gasteiger partial charge on any atom is -0.438 e. The monoisotopic (exact) mass is 311 g/mol. The number of aromatic nitrogens is 4. The molecule has 0 radical (unpaired) electrons. The summed E-state index contributed by atoms with van der Waals surface area (Å²) >= 11 is 0. The van der Waals surface area contributed by atoms with Gasteiger partial charge in [0.2, 0.25) is 5.76 Å². The fraction of sp³-hybridized carbons (Fsp3) is 0.250. The molecule has 23 heavy (non-hydrogen) atoms. The molecular weight excluding hydrogens is 294 g/mol. The van der Waals surface area contributed by atoms with E-state index in [1.165, 1.54) is 6.39 Å². The lowest BCUT2D eigenvalue weighted by atomic mass is 10.1. The Balaban J connectivity index is 1.81. The maximum absolute atomic E-state index is 12.2. The number of rotatable bonds is 4. The largest absolute Gasteiger partial charge is 0.438 e. The van der Waals surface area contributed by atoms with Crippen LogP contribution in [-0.2, 0) is 0 Å². The molecule has 0 aliphatic carbocycles. The van der Waals surface area contributed by atoms with Crippen molar-refractivity contribution in [3.8, 4) is 5.82 Å². The molecule has 0 aromatic carbocycles. The number of oxazole rings is 1. The Kier molecular flexibility index (Phi) is 3.92. The lowest BCUT2D eigenvalue weighted by Gasteiger charge is -2.13. The van der Waals surface area contributed by atoms with Gasteiger partial charge in [0.25, 0.3) is 5.91 Å². The van der Waals surface area contributed by atoms with Crippen molar-refractivity contribution < 1.29 is 9.21 Å². The number of carbonyl (C=O) groups is 1. The van der Waals surface area contributed by atoms with Crippen LogP contribution >= 0.6 is 0 Å². The van der Waals surface area contributed by atoms with Gasteiger partial charge < -0.3 is 9.73 Å². The Morgan fingerprint density at radius 1 is 1.30 bits per heavy atom. The summed E-state index contributed by atoms with van der Waals surface area (Å²) in [6, 6.07) is 5.42. The van der Waals surface area contributed by atoms with E-state index in [1.54, 1.807) is 24.0 Å². The molecule has 0 unspecified atom stereocenters. The molecule has 3 aromatic heterocycles. The maximum Gasteiger partial charge on any atom is 0.289 e. The summed E-state index contributed by atoms with van der Waals surface area (Å²) in [7, 11) is 0. The van der Waals surface area contributed by atoms with Crippen molar-refractivity contribution in [1.82, 2.24) is 25.1 Å². The van der Waals surface area contributed by atoms with E-state index in [2.05, 4.69) is 20.4 Å². The molecule has 0 bridgehead atoms. The number of aryl methyl sites for hydroxylation is 1. The van der Waals surface area contributed by atoms with Gasteiger partial charge in [0.1, 0.15) is 0 Å². The molecule has 0 saturated heterocycles. The molecule has 118 valence electrons. The predicted octanol–water partition coefficient (Wildman–Crippen LogP) is 2.36. The van der Waals surface area contributed by atoms with E-state index in [0.717, 1.165) is 17.1 Å². The molecule has 0 saturated carbocycles. The minimum atomic E-state index is -0.294. The number of nitrogens with zero attached hydrogens (tertiary/aromatic N) is 4. The molecule has 1 amide bonds. The van der Waals surface area contributed by atoms with E-state index in [-0.39, 0.29) is 17.7 Å². The van der Waals surface area contributed by atoms with Crippen LogP contribution < -0.4 is 5.32 Å². The zero-order valence-electron chi connectivity index (χ0n) is 13.1. The number of nitrogens with one attached hydrogen (secondary N) is 1. The molecule has 3 rings (SSSR count). The highest BCUT2D eigenvalue weighted by atomic mass is 16.3. The molecular formula is C16H17N5O2. The first kappa shape index (κ1) is 15.0. The number of hydrogen-bond donors (Lipinski definition) is 1. The van der Waals surface area contributed by atoms with Gasteiger partial charge in [0.05, 0.1) is 17.9 Å². The molecule has 3 heterocycles. The molecule has 0 spiro atoms. The second-order valence-electron chi connectivity index (χ2n) is 5.25. The van der Waals surface area contributed by atoms with Gasteiger partial charge >= 0.3 is 0 Å². The second-order valence-corrected chi connectivity index (χ2v) is 5.25. The van der Waals surface area contributed by atoms with Crippen LogP contribution in [0.25, 0.3) is 5.82 Å². The zero-order valence-corrected chi connectivity index (χ0v) is 13.1. The molecule has 1 atom stereocenters. The van der Waals surface area contributed by atoms with Crippen molar-refractivity contribution in [2.24, 2.45) is 0 Å². The van der Waals surface area contributed by atoms with E-state index in [4.69, 9.17) is 4.42 Å². The molecule has 1 N–H and O–H groups in total. The molecule has 7 nitrogen and oxygen atoms in total. The van der Waals surface area contributed by atoms with Crippen LogP contribution in [0, 0.1) is 13.8 Å². The summed E-state index contributed by atoms with van der Waals surface area (Å²) in [5, 5.41) is 7.26. The van der Waals surface area contributed by atoms with Crippen molar-refractivity contribution >= 4 is 5.91 Å². The first-order chi connectivity index (χ1) is 11.1. The van der Waals surface area contributed by atoms with Crippen molar-refractivity contribution in [2.45, 2.75) is 26.8 Å². The standard InChI is InChI=1S/C16H17N5O2/c1-10(20-16(22)15-11(2)18-9-23-15)13-8-19-21(12(13)3)14-6-4-5-7-17-14/h4-10H,1-3H3,(H,20,22)/t10-/m1/s1. The fourth-order valence-electron chi connectivity index (χ4n) is 2.42. The lowest BCUT2D eigenvalue weighted by molar-refractivity contribution is 0.0911. The summed E-state index contributed by atoms with van der Waals surface area (Å²) < 4.78 is 6.86. The molecule has 0 aliphatic heterocycles. The van der Waals surface area contributed by atoms with Gasteiger partial charge in [-0.3, -0.25) is 4.79 Å². The Morgan fingerprint density at radius 3 is 2.78 bits per heavy atom. The second kappa shape index (κ2) is 6.04. The van der Waals surface area contributed by atoms with E-state index in [1.807, 2.05) is 32.0 Å². The summed E-state index contributed by atoms with van der Waals surface area (Å²) in [6.07, 6.45) is 4.72. The number of hydrogen-bond acceptors (Lipinski definition) is 5. The van der Waals surface area contributed by atoms with Crippen LogP contribution in [0.1, 0.15) is 40.5 Å². The minimum absolute atomic E-state index is 0.218. The van der Waals surface area contributed by atoms with Crippen molar-refractivity contribution in [2.75, 3.05) is 0 Å². The van der Waals surface area contributed by atoms with E-state index < -0.39 is 0 Å². The summed E-state index contributed by atoms with van der Waals surface area (Å²) in [4.78, 5) is 20.4. The Bertz CT molecular complexity index is 822. The van der Waals surface area contributed by atoms with Crippen LogP contribution in [0.4, 0.5) is 0 Å². The van der Waals surface area contributed by atoms with Gasteiger partial charge in [-0.1, -0.05) is 6.07 Å². The van der Waals surface area contributed by atoms with Gasteiger partial charge in [-0.15, -0.1) is 0 Å². The smallest absolute Gasteiger partial charge is 0.289 e. The maximum atomic E-state index is 12.2. The van der Waals surface area contributed by atoms with Gasteiger partial charge in [-0.2, -0.15) is 5.10 Å². The Labute approximate surface area is 133 Å². The topological polar surface area (TPSA) is 85.8 Å². The third-order valence-corrected chi connectivity index (χ3v) is 3.68. The van der Waals surface area contributed by atoms with E-state index >= 15 is 0 Å². The van der Waals surface area contributed by atoms with Gasteiger partial charge in [-0.05, 0) is 32.9 Å². The normalized spacial score (nSPS) is 12.1. The highest BCUT2D eigenvalue weighted by Gasteiger charge is 2.20. The molecule has 0 fully saturated rings. The molecule has 7 heteroatoms. The summed E-state index contributed by atoms with van der Waals surface area (Å²) in [5.74, 6) is 0.671. The third-order valence-electron chi connectivity index (χ3n) is 3.68. The van der Waals surface area contributed by atoms with Gasteiger partial charge in [-0.25, -0.2) is 14.6 Å². The molecule has 3 aromatic rings. The van der Waals surface area contributed by atoms with Gasteiger partial charge in [0.15, 0.2) is 12.2 Å². The Hall–Kier alpha value is -2.96. The average Bonchev–Trinajstić information content (AvgIpc) is 3.14. The number of amides is 1. The number of pyridine rings is 1. The lowest BCUT2D eigenvalue weighted by Crippen LogP contribution is -2.27. The summed E-state index contributed by atoms with van der Waals surface area (Å²) in [6.45, 7) is 5.57. The first-order valence-electron chi connectivity index (χ1n) is 7.25. The van der Waals surface area contributed by atoms with Gasteiger partial charge in [0, 0.05) is 17.5 Å². The zero-order chi connectivity index (χ0) is 16.4. The van der Waals surface area contributed by atoms with E-state index in [9.17, 15) is 4.79 Å². The average molecular weight is 311 g/mol. The Morgan fingerprint density at radius 2 is 2.13 bits per heavy atom. The fourth-order valence-corrected chi connectivity index (χ4v) is 2.42. The van der Waals surface area contributed by atoms with Crippen LogP contribution in [-0.4, -0.2) is 25.7 Å². The third kappa shape index (κ3) is 2.85. The van der Waals surface area contributed by atoms with Crippen molar-refractivity contribution in [3.05, 3.63) is 59.7 Å². The first-order valence-corrected chi connectivity index (χ1v) is 7.25. The quantitative estimate of drug-likeness (QED) is 0.799. The highest BCUT2D eigenvalue weighted by molar-refractivity contribution is 5.92. The number of carbonyl (C=O) groups excluding carboxylic acids is 1. The highest BCUT2D eigenvalue weighted by Crippen LogP contribution is 2.20. The van der Waals surface area contributed by atoms with Crippen LogP contribution in [0.5, 0.6) is 0 Å². The van der Waals surface area contributed by atoms with Crippen LogP contribution in [0.15, 0.2) is 41.4 Å². The van der Waals surface area contributed by atoms with Crippen molar-refractivity contribution in [3.63, 3.8) is 0 Å².